The molecule has 122 valence electrons. The molecule has 3 aromatic rings. The van der Waals surface area contributed by atoms with E-state index in [9.17, 15) is 0 Å². The van der Waals surface area contributed by atoms with Gasteiger partial charge in [-0.05, 0) is 37.5 Å². The molecule has 0 aliphatic heterocycles. The zero-order valence-electron chi connectivity index (χ0n) is 14.0. The zero-order valence-corrected chi connectivity index (χ0v) is 14.7. The van der Waals surface area contributed by atoms with Crippen molar-refractivity contribution in [1.82, 2.24) is 14.8 Å². The normalized spacial score (nSPS) is 16.0. The molecule has 3 nitrogen and oxygen atoms in total. The third-order valence-electron chi connectivity index (χ3n) is 5.22. The molecule has 0 radical (unpaired) electrons. The van der Waals surface area contributed by atoms with Crippen LogP contribution in [0.2, 0.25) is 5.02 Å². The molecule has 4 heteroatoms. The molecule has 0 N–H and O–H groups in total. The molecule has 1 fully saturated rings. The summed E-state index contributed by atoms with van der Waals surface area (Å²) in [5.41, 5.74) is 3.60. The summed E-state index contributed by atoms with van der Waals surface area (Å²) in [6, 6.07) is 16.6. The largest absolute Gasteiger partial charge is 0.313 e. The van der Waals surface area contributed by atoms with E-state index in [0.29, 0.717) is 0 Å². The van der Waals surface area contributed by atoms with Crippen LogP contribution >= 0.6 is 11.6 Å². The third-order valence-corrected chi connectivity index (χ3v) is 5.47. The molecule has 1 aliphatic rings. The summed E-state index contributed by atoms with van der Waals surface area (Å²) in [6.45, 7) is 2.09. The summed E-state index contributed by atoms with van der Waals surface area (Å²) in [6.07, 6.45) is 3.43. The average molecular weight is 338 g/mol. The molecule has 0 saturated heterocycles. The fraction of sp³-hybridized carbons (Fsp3) is 0.300. The first-order valence-corrected chi connectivity index (χ1v) is 8.71. The third kappa shape index (κ3) is 2.35. The summed E-state index contributed by atoms with van der Waals surface area (Å²) in [4.78, 5) is 0. The maximum Gasteiger partial charge on any atom is 0.163 e. The number of benzene rings is 2. The van der Waals surface area contributed by atoms with E-state index in [4.69, 9.17) is 11.6 Å². The van der Waals surface area contributed by atoms with Gasteiger partial charge in [0.15, 0.2) is 5.82 Å². The van der Waals surface area contributed by atoms with Crippen LogP contribution in [0.3, 0.4) is 0 Å². The SMILES string of the molecule is Cc1ccc(-c2nnc(C3(c4ccc(Cl)cc4)CCC3)n2C)cc1. The number of hydrogen-bond donors (Lipinski definition) is 0. The lowest BCUT2D eigenvalue weighted by Gasteiger charge is -2.41. The lowest BCUT2D eigenvalue weighted by molar-refractivity contribution is 0.278. The van der Waals surface area contributed by atoms with Gasteiger partial charge in [-0.15, -0.1) is 10.2 Å². The number of aromatic nitrogens is 3. The second-order valence-electron chi connectivity index (χ2n) is 6.71. The van der Waals surface area contributed by atoms with Crippen LogP contribution in [-0.4, -0.2) is 14.8 Å². The Kier molecular flexibility index (Phi) is 3.69. The Morgan fingerprint density at radius 2 is 1.62 bits per heavy atom. The molecule has 1 aromatic heterocycles. The van der Waals surface area contributed by atoms with Crippen LogP contribution in [0, 0.1) is 6.92 Å². The van der Waals surface area contributed by atoms with Crippen molar-refractivity contribution in [3.63, 3.8) is 0 Å². The summed E-state index contributed by atoms with van der Waals surface area (Å²) in [5.74, 6) is 1.97. The van der Waals surface area contributed by atoms with E-state index >= 15 is 0 Å². The number of nitrogens with zero attached hydrogens (tertiary/aromatic N) is 3. The second-order valence-corrected chi connectivity index (χ2v) is 7.15. The highest BCUT2D eigenvalue weighted by molar-refractivity contribution is 6.30. The van der Waals surface area contributed by atoms with E-state index in [1.807, 2.05) is 12.1 Å². The Morgan fingerprint density at radius 1 is 0.958 bits per heavy atom. The first kappa shape index (κ1) is 15.4. The molecule has 0 amide bonds. The fourth-order valence-electron chi connectivity index (χ4n) is 3.64. The standard InChI is InChI=1S/C20H20ClN3/c1-14-4-6-15(7-5-14)18-22-23-19(24(18)2)20(12-3-13-20)16-8-10-17(21)11-9-16/h4-11H,3,12-13H2,1-2H3. The van der Waals surface area contributed by atoms with Crippen molar-refractivity contribution < 1.29 is 0 Å². The van der Waals surface area contributed by atoms with Gasteiger partial charge < -0.3 is 4.57 Å². The minimum absolute atomic E-state index is 0.0325. The summed E-state index contributed by atoms with van der Waals surface area (Å²) in [7, 11) is 2.07. The van der Waals surface area contributed by atoms with E-state index in [1.165, 1.54) is 17.5 Å². The van der Waals surface area contributed by atoms with Crippen molar-refractivity contribution >= 4 is 11.6 Å². The van der Waals surface area contributed by atoms with Gasteiger partial charge in [-0.2, -0.15) is 0 Å². The number of aryl methyl sites for hydroxylation is 1. The molecule has 0 unspecified atom stereocenters. The Balaban J connectivity index is 1.78. The second kappa shape index (κ2) is 5.75. The lowest BCUT2D eigenvalue weighted by atomic mass is 9.64. The van der Waals surface area contributed by atoms with Gasteiger partial charge in [0.2, 0.25) is 0 Å². The van der Waals surface area contributed by atoms with Gasteiger partial charge in [-0.1, -0.05) is 60.0 Å². The van der Waals surface area contributed by atoms with E-state index in [1.54, 1.807) is 0 Å². The minimum Gasteiger partial charge on any atom is -0.313 e. The van der Waals surface area contributed by atoms with E-state index in [2.05, 4.69) is 65.1 Å². The van der Waals surface area contributed by atoms with Crippen molar-refractivity contribution in [2.45, 2.75) is 31.6 Å². The number of halogens is 1. The molecule has 1 saturated carbocycles. The first-order chi connectivity index (χ1) is 11.6. The van der Waals surface area contributed by atoms with Crippen LogP contribution in [0.15, 0.2) is 48.5 Å². The maximum absolute atomic E-state index is 6.06. The van der Waals surface area contributed by atoms with Crippen molar-refractivity contribution in [3.8, 4) is 11.4 Å². The predicted octanol–water partition coefficient (Wildman–Crippen LogP) is 4.91. The van der Waals surface area contributed by atoms with E-state index in [-0.39, 0.29) is 5.41 Å². The van der Waals surface area contributed by atoms with Crippen molar-refractivity contribution in [1.29, 1.82) is 0 Å². The highest BCUT2D eigenvalue weighted by Crippen LogP contribution is 2.48. The molecule has 0 bridgehead atoms. The van der Waals surface area contributed by atoms with Gasteiger partial charge in [0.05, 0.1) is 5.41 Å². The smallest absolute Gasteiger partial charge is 0.163 e. The minimum atomic E-state index is -0.0325. The summed E-state index contributed by atoms with van der Waals surface area (Å²) in [5, 5.41) is 9.85. The number of hydrogen-bond acceptors (Lipinski definition) is 2. The first-order valence-electron chi connectivity index (χ1n) is 8.33. The van der Waals surface area contributed by atoms with Gasteiger partial charge in [-0.3, -0.25) is 0 Å². The van der Waals surface area contributed by atoms with Gasteiger partial charge >= 0.3 is 0 Å². The molecule has 24 heavy (non-hydrogen) atoms. The zero-order chi connectivity index (χ0) is 16.7. The van der Waals surface area contributed by atoms with Crippen LogP contribution in [0.1, 0.15) is 36.2 Å². The summed E-state index contributed by atoms with van der Waals surface area (Å²) >= 11 is 6.06. The van der Waals surface area contributed by atoms with Crippen LogP contribution in [-0.2, 0) is 12.5 Å². The topological polar surface area (TPSA) is 30.7 Å². The molecule has 2 aromatic carbocycles. The maximum atomic E-state index is 6.06. The Bertz CT molecular complexity index is 859. The van der Waals surface area contributed by atoms with E-state index < -0.39 is 0 Å². The van der Waals surface area contributed by atoms with Crippen molar-refractivity contribution in [3.05, 3.63) is 70.5 Å². The highest BCUT2D eigenvalue weighted by atomic mass is 35.5. The molecule has 0 atom stereocenters. The fourth-order valence-corrected chi connectivity index (χ4v) is 3.77. The molecule has 0 spiro atoms. The molecule has 1 aliphatic carbocycles. The Hall–Kier alpha value is -2.13. The summed E-state index contributed by atoms with van der Waals surface area (Å²) < 4.78 is 2.15. The average Bonchev–Trinajstić information content (AvgIpc) is 2.91. The number of rotatable bonds is 3. The van der Waals surface area contributed by atoms with Crippen molar-refractivity contribution in [2.75, 3.05) is 0 Å². The molecule has 4 rings (SSSR count). The van der Waals surface area contributed by atoms with Crippen LogP contribution in [0.5, 0.6) is 0 Å². The van der Waals surface area contributed by atoms with Gasteiger partial charge in [0.1, 0.15) is 5.82 Å². The Morgan fingerprint density at radius 3 is 2.21 bits per heavy atom. The van der Waals surface area contributed by atoms with Gasteiger partial charge in [-0.25, -0.2) is 0 Å². The van der Waals surface area contributed by atoms with Crippen LogP contribution in [0.4, 0.5) is 0 Å². The molecule has 1 heterocycles. The monoisotopic (exact) mass is 337 g/mol. The van der Waals surface area contributed by atoms with Crippen molar-refractivity contribution in [2.24, 2.45) is 7.05 Å². The van der Waals surface area contributed by atoms with Gasteiger partial charge in [0.25, 0.3) is 0 Å². The molecular formula is C20H20ClN3. The quantitative estimate of drug-likeness (QED) is 0.679. The van der Waals surface area contributed by atoms with Gasteiger partial charge in [0, 0.05) is 17.6 Å². The van der Waals surface area contributed by atoms with E-state index in [0.717, 1.165) is 35.1 Å². The Labute approximate surface area is 147 Å². The van der Waals surface area contributed by atoms with Crippen LogP contribution < -0.4 is 0 Å². The molecular weight excluding hydrogens is 318 g/mol. The predicted molar refractivity (Wildman–Crippen MR) is 97.3 cm³/mol. The lowest BCUT2D eigenvalue weighted by Crippen LogP contribution is -2.38. The highest BCUT2D eigenvalue weighted by Gasteiger charge is 2.44. The van der Waals surface area contributed by atoms with Crippen LogP contribution in [0.25, 0.3) is 11.4 Å².